The zero-order valence-electron chi connectivity index (χ0n) is 18.5. The number of rotatable bonds is 7. The van der Waals surface area contributed by atoms with Crippen LogP contribution < -0.4 is 26.2 Å². The molecule has 4 atom stereocenters. The number of aromatic nitrogens is 1. The van der Waals surface area contributed by atoms with Crippen molar-refractivity contribution in [2.45, 2.75) is 69.3 Å². The molecule has 3 fully saturated rings. The van der Waals surface area contributed by atoms with Crippen LogP contribution in [-0.2, 0) is 20.7 Å². The minimum Gasteiger partial charge on any atom is -0.481 e. The van der Waals surface area contributed by atoms with E-state index in [0.29, 0.717) is 25.0 Å². The molecule has 10 nitrogen and oxygen atoms in total. The van der Waals surface area contributed by atoms with E-state index in [1.807, 2.05) is 6.07 Å². The Balaban J connectivity index is 1.17. The van der Waals surface area contributed by atoms with Gasteiger partial charge >= 0.3 is 6.09 Å². The number of ether oxygens (including phenoxy) is 3. The summed E-state index contributed by atoms with van der Waals surface area (Å²) in [6.45, 7) is 1.37. The smallest absolute Gasteiger partial charge is 0.407 e. The topological polar surface area (TPSA) is 123 Å². The SMILES string of the molecule is COc1cc(CC(=O)NC2CC([C@@H]3CC[C@H](OC(=O)NC4CCOCC4)C3)NN2)ccn1. The molecule has 2 saturated heterocycles. The molecule has 0 bridgehead atoms. The Kier molecular flexibility index (Phi) is 7.77. The molecule has 3 aliphatic rings. The summed E-state index contributed by atoms with van der Waals surface area (Å²) >= 11 is 0. The number of amides is 2. The zero-order chi connectivity index (χ0) is 22.3. The first-order valence-electron chi connectivity index (χ1n) is 11.4. The van der Waals surface area contributed by atoms with Gasteiger partial charge in [-0.25, -0.2) is 15.2 Å². The fourth-order valence-corrected chi connectivity index (χ4v) is 4.73. The first kappa shape index (κ1) is 22.8. The molecule has 0 aromatic carbocycles. The van der Waals surface area contributed by atoms with Gasteiger partial charge in [-0.1, -0.05) is 0 Å². The third-order valence-corrected chi connectivity index (χ3v) is 6.45. The maximum atomic E-state index is 12.4. The van der Waals surface area contributed by atoms with Crippen molar-refractivity contribution in [2.75, 3.05) is 20.3 Å². The first-order chi connectivity index (χ1) is 15.6. The van der Waals surface area contributed by atoms with Crippen LogP contribution in [-0.4, -0.2) is 61.7 Å². The lowest BCUT2D eigenvalue weighted by molar-refractivity contribution is -0.121. The Bertz CT molecular complexity index is 788. The van der Waals surface area contributed by atoms with Crippen molar-refractivity contribution in [1.82, 2.24) is 26.5 Å². The van der Waals surface area contributed by atoms with E-state index < -0.39 is 0 Å². The van der Waals surface area contributed by atoms with Crippen molar-refractivity contribution >= 4 is 12.0 Å². The quantitative estimate of drug-likeness (QED) is 0.489. The van der Waals surface area contributed by atoms with Crippen molar-refractivity contribution in [3.8, 4) is 5.88 Å². The average molecular weight is 448 g/mol. The van der Waals surface area contributed by atoms with Crippen molar-refractivity contribution < 1.29 is 23.8 Å². The summed E-state index contributed by atoms with van der Waals surface area (Å²) in [6.07, 6.45) is 6.54. The number of hydrogen-bond donors (Lipinski definition) is 4. The molecule has 10 heteroatoms. The third-order valence-electron chi connectivity index (χ3n) is 6.45. The van der Waals surface area contributed by atoms with Gasteiger partial charge in [-0.05, 0) is 56.1 Å². The van der Waals surface area contributed by atoms with E-state index in [-0.39, 0.29) is 42.8 Å². The summed E-state index contributed by atoms with van der Waals surface area (Å²) in [5.41, 5.74) is 7.35. The van der Waals surface area contributed by atoms with Crippen LogP contribution in [0.1, 0.15) is 44.1 Å². The molecule has 2 aliphatic heterocycles. The summed E-state index contributed by atoms with van der Waals surface area (Å²) in [4.78, 5) is 28.7. The lowest BCUT2D eigenvalue weighted by atomic mass is 9.96. The number of carbonyl (C=O) groups is 2. The molecule has 176 valence electrons. The number of nitrogens with zero attached hydrogens (tertiary/aromatic N) is 1. The maximum Gasteiger partial charge on any atom is 0.407 e. The predicted octanol–water partition coefficient (Wildman–Crippen LogP) is 1.02. The number of methoxy groups -OCH3 is 1. The molecular formula is C22H33N5O5. The molecule has 0 radical (unpaired) electrons. The van der Waals surface area contributed by atoms with Crippen molar-refractivity contribution in [3.05, 3.63) is 23.9 Å². The standard InChI is InChI=1S/C22H33N5O5/c1-30-21-11-14(4-7-23-21)10-20(28)25-19-13-18(26-27-19)15-2-3-17(12-15)32-22(29)24-16-5-8-31-9-6-16/h4,7,11,15-19,26-27H,2-3,5-6,8-10,12-13H2,1H3,(H,24,29)(H,25,28)/t15-,17+,18?,19?/m1/s1. The summed E-state index contributed by atoms with van der Waals surface area (Å²) in [5, 5.41) is 5.99. The lowest BCUT2D eigenvalue weighted by Crippen LogP contribution is -2.45. The van der Waals surface area contributed by atoms with Crippen LogP contribution in [0.25, 0.3) is 0 Å². The van der Waals surface area contributed by atoms with Crippen LogP contribution in [0.5, 0.6) is 5.88 Å². The van der Waals surface area contributed by atoms with Gasteiger partial charge in [0.05, 0.1) is 19.7 Å². The number of pyridine rings is 1. The van der Waals surface area contributed by atoms with Gasteiger partial charge in [0.25, 0.3) is 0 Å². The maximum absolute atomic E-state index is 12.4. The van der Waals surface area contributed by atoms with E-state index in [0.717, 1.165) is 44.1 Å². The molecule has 0 spiro atoms. The van der Waals surface area contributed by atoms with Crippen LogP contribution >= 0.6 is 0 Å². The summed E-state index contributed by atoms with van der Waals surface area (Å²) in [5.74, 6) is 0.834. The highest BCUT2D eigenvalue weighted by molar-refractivity contribution is 5.78. The highest BCUT2D eigenvalue weighted by Crippen LogP contribution is 2.33. The third kappa shape index (κ3) is 6.30. The Morgan fingerprint density at radius 3 is 2.81 bits per heavy atom. The van der Waals surface area contributed by atoms with Gasteiger partial charge in [-0.2, -0.15) is 0 Å². The second-order valence-electron chi connectivity index (χ2n) is 8.77. The Labute approximate surface area is 188 Å². The van der Waals surface area contributed by atoms with Crippen LogP contribution in [0.4, 0.5) is 4.79 Å². The Morgan fingerprint density at radius 2 is 2.00 bits per heavy atom. The van der Waals surface area contributed by atoms with Gasteiger partial charge in [-0.3, -0.25) is 10.2 Å². The molecule has 4 rings (SSSR count). The minimum atomic E-state index is -0.321. The number of carbonyl (C=O) groups excluding carboxylic acids is 2. The predicted molar refractivity (Wildman–Crippen MR) is 116 cm³/mol. The highest BCUT2D eigenvalue weighted by Gasteiger charge is 2.37. The lowest BCUT2D eigenvalue weighted by Gasteiger charge is -2.24. The van der Waals surface area contributed by atoms with Crippen molar-refractivity contribution in [1.29, 1.82) is 0 Å². The molecule has 3 heterocycles. The van der Waals surface area contributed by atoms with Gasteiger partial charge in [0.2, 0.25) is 11.8 Å². The fourth-order valence-electron chi connectivity index (χ4n) is 4.73. The zero-order valence-corrected chi connectivity index (χ0v) is 18.5. The van der Waals surface area contributed by atoms with Gasteiger partial charge in [-0.15, -0.1) is 0 Å². The fraction of sp³-hybridized carbons (Fsp3) is 0.682. The molecule has 1 aromatic heterocycles. The summed E-state index contributed by atoms with van der Waals surface area (Å²) in [7, 11) is 1.55. The molecule has 1 aliphatic carbocycles. The van der Waals surface area contributed by atoms with Crippen LogP contribution in [0, 0.1) is 5.92 Å². The Morgan fingerprint density at radius 1 is 1.16 bits per heavy atom. The summed E-state index contributed by atoms with van der Waals surface area (Å²) < 4.78 is 16.1. The van der Waals surface area contributed by atoms with E-state index >= 15 is 0 Å². The molecule has 4 N–H and O–H groups in total. The second kappa shape index (κ2) is 10.9. The van der Waals surface area contributed by atoms with E-state index in [4.69, 9.17) is 14.2 Å². The van der Waals surface area contributed by atoms with Gasteiger partial charge in [0, 0.05) is 37.6 Å². The van der Waals surface area contributed by atoms with E-state index in [2.05, 4.69) is 26.5 Å². The highest BCUT2D eigenvalue weighted by atomic mass is 16.6. The van der Waals surface area contributed by atoms with E-state index in [9.17, 15) is 9.59 Å². The van der Waals surface area contributed by atoms with Crippen molar-refractivity contribution in [3.63, 3.8) is 0 Å². The van der Waals surface area contributed by atoms with Gasteiger partial charge in [0.1, 0.15) is 6.10 Å². The van der Waals surface area contributed by atoms with E-state index in [1.165, 1.54) is 0 Å². The average Bonchev–Trinajstić information content (AvgIpc) is 3.44. The summed E-state index contributed by atoms with van der Waals surface area (Å²) in [6, 6.07) is 3.95. The number of hydrogen-bond acceptors (Lipinski definition) is 8. The molecule has 32 heavy (non-hydrogen) atoms. The monoisotopic (exact) mass is 447 g/mol. The molecule has 1 aromatic rings. The van der Waals surface area contributed by atoms with Crippen LogP contribution in [0.15, 0.2) is 18.3 Å². The molecular weight excluding hydrogens is 414 g/mol. The largest absolute Gasteiger partial charge is 0.481 e. The minimum absolute atomic E-state index is 0.0584. The Hall–Kier alpha value is -2.43. The van der Waals surface area contributed by atoms with Crippen LogP contribution in [0.3, 0.4) is 0 Å². The molecule has 1 saturated carbocycles. The number of nitrogens with one attached hydrogen (secondary N) is 4. The van der Waals surface area contributed by atoms with Crippen molar-refractivity contribution in [2.24, 2.45) is 5.92 Å². The number of alkyl carbamates (subject to hydrolysis) is 1. The van der Waals surface area contributed by atoms with Gasteiger partial charge < -0.3 is 24.8 Å². The van der Waals surface area contributed by atoms with Crippen LogP contribution in [0.2, 0.25) is 0 Å². The molecule has 2 amide bonds. The normalized spacial score (nSPS) is 28.3. The number of hydrazine groups is 1. The van der Waals surface area contributed by atoms with Gasteiger partial charge in [0.15, 0.2) is 0 Å². The first-order valence-corrected chi connectivity index (χ1v) is 11.4. The second-order valence-corrected chi connectivity index (χ2v) is 8.77. The molecule has 2 unspecified atom stereocenters. The van der Waals surface area contributed by atoms with E-state index in [1.54, 1.807) is 19.4 Å².